The number of hydrogen-bond acceptors (Lipinski definition) is 3. The molecule has 0 spiro atoms. The van der Waals surface area contributed by atoms with Crippen molar-refractivity contribution in [2.24, 2.45) is 5.92 Å². The Kier molecular flexibility index (Phi) is 5.92. The fourth-order valence-electron chi connectivity index (χ4n) is 1.64. The van der Waals surface area contributed by atoms with Gasteiger partial charge in [0, 0.05) is 19.4 Å². The molecule has 0 bridgehead atoms. The molecule has 1 aromatic heterocycles. The largest absolute Gasteiger partial charge is 0.466 e. The van der Waals surface area contributed by atoms with Gasteiger partial charge in [0.05, 0.1) is 6.10 Å². The van der Waals surface area contributed by atoms with Gasteiger partial charge in [0.15, 0.2) is 0 Å². The molecular weight excluding hydrogens is 230 g/mol. The fraction of sp³-hybridized carbons (Fsp3) is 0.643. The Morgan fingerprint density at radius 1 is 1.44 bits per heavy atom. The quantitative estimate of drug-likeness (QED) is 0.781. The van der Waals surface area contributed by atoms with E-state index >= 15 is 0 Å². The van der Waals surface area contributed by atoms with E-state index in [0.29, 0.717) is 25.8 Å². The van der Waals surface area contributed by atoms with E-state index in [1.54, 1.807) is 0 Å². The predicted molar refractivity (Wildman–Crippen MR) is 70.2 cm³/mol. The molecule has 18 heavy (non-hydrogen) atoms. The van der Waals surface area contributed by atoms with Crippen molar-refractivity contribution in [2.45, 2.75) is 46.1 Å². The maximum absolute atomic E-state index is 11.5. The number of hydrogen-bond donors (Lipinski definition) is 2. The molecule has 0 aliphatic heterocycles. The summed E-state index contributed by atoms with van der Waals surface area (Å²) in [5, 5.41) is 12.4. The smallest absolute Gasteiger partial charge is 0.220 e. The van der Waals surface area contributed by atoms with Crippen LogP contribution >= 0.6 is 0 Å². The Morgan fingerprint density at radius 3 is 2.72 bits per heavy atom. The van der Waals surface area contributed by atoms with Crippen molar-refractivity contribution in [3.8, 4) is 0 Å². The van der Waals surface area contributed by atoms with E-state index in [1.807, 2.05) is 32.9 Å². The Morgan fingerprint density at radius 2 is 2.17 bits per heavy atom. The molecule has 0 aliphatic carbocycles. The lowest BCUT2D eigenvalue weighted by molar-refractivity contribution is -0.121. The van der Waals surface area contributed by atoms with E-state index in [4.69, 9.17) is 4.42 Å². The molecule has 0 fully saturated rings. The summed E-state index contributed by atoms with van der Waals surface area (Å²) >= 11 is 0. The van der Waals surface area contributed by atoms with Gasteiger partial charge in [0.1, 0.15) is 11.5 Å². The Hall–Kier alpha value is -1.29. The fourth-order valence-corrected chi connectivity index (χ4v) is 1.64. The van der Waals surface area contributed by atoms with Gasteiger partial charge in [-0.05, 0) is 31.4 Å². The van der Waals surface area contributed by atoms with Crippen molar-refractivity contribution >= 4 is 5.91 Å². The Labute approximate surface area is 108 Å². The second-order valence-corrected chi connectivity index (χ2v) is 4.96. The Bertz CT molecular complexity index is 371. The summed E-state index contributed by atoms with van der Waals surface area (Å²) in [6.07, 6.45) is 1.29. The van der Waals surface area contributed by atoms with Crippen LogP contribution in [0, 0.1) is 12.8 Å². The van der Waals surface area contributed by atoms with Gasteiger partial charge in [-0.25, -0.2) is 0 Å². The number of aliphatic hydroxyl groups excluding tert-OH is 1. The maximum Gasteiger partial charge on any atom is 0.220 e. The first kappa shape index (κ1) is 14.8. The molecule has 0 saturated carbocycles. The number of rotatable bonds is 7. The van der Waals surface area contributed by atoms with Crippen molar-refractivity contribution in [1.29, 1.82) is 0 Å². The van der Waals surface area contributed by atoms with Crippen LogP contribution in [0.1, 0.15) is 38.2 Å². The topological polar surface area (TPSA) is 62.5 Å². The maximum atomic E-state index is 11.5. The molecule has 0 aliphatic rings. The summed E-state index contributed by atoms with van der Waals surface area (Å²) < 4.78 is 5.39. The SMILES string of the molecule is Cc1ccc(CCC(=O)NCCC(O)C(C)C)o1. The molecule has 4 nitrogen and oxygen atoms in total. The molecule has 102 valence electrons. The van der Waals surface area contributed by atoms with Crippen LogP contribution in [0.5, 0.6) is 0 Å². The normalized spacial score (nSPS) is 12.7. The lowest BCUT2D eigenvalue weighted by Gasteiger charge is -2.14. The average molecular weight is 253 g/mol. The number of aryl methyl sites for hydroxylation is 2. The highest BCUT2D eigenvalue weighted by Crippen LogP contribution is 2.08. The van der Waals surface area contributed by atoms with Crippen molar-refractivity contribution in [2.75, 3.05) is 6.54 Å². The number of aliphatic hydroxyl groups is 1. The van der Waals surface area contributed by atoms with Crippen molar-refractivity contribution < 1.29 is 14.3 Å². The summed E-state index contributed by atoms with van der Waals surface area (Å²) in [5.41, 5.74) is 0. The van der Waals surface area contributed by atoms with E-state index in [-0.39, 0.29) is 17.9 Å². The predicted octanol–water partition coefficient (Wildman–Crippen LogP) is 2.04. The minimum atomic E-state index is -0.349. The van der Waals surface area contributed by atoms with Gasteiger partial charge in [-0.1, -0.05) is 13.8 Å². The molecule has 1 atom stereocenters. The summed E-state index contributed by atoms with van der Waals surface area (Å²) in [5.74, 6) is 1.93. The van der Waals surface area contributed by atoms with Gasteiger partial charge in [-0.3, -0.25) is 4.79 Å². The second-order valence-electron chi connectivity index (χ2n) is 4.96. The zero-order valence-corrected chi connectivity index (χ0v) is 11.4. The van der Waals surface area contributed by atoms with Gasteiger partial charge in [-0.15, -0.1) is 0 Å². The van der Waals surface area contributed by atoms with Crippen LogP contribution in [-0.4, -0.2) is 23.7 Å². The minimum Gasteiger partial charge on any atom is -0.466 e. The van der Waals surface area contributed by atoms with Gasteiger partial charge in [-0.2, -0.15) is 0 Å². The van der Waals surface area contributed by atoms with Crippen molar-refractivity contribution in [1.82, 2.24) is 5.32 Å². The first-order valence-electron chi connectivity index (χ1n) is 6.49. The standard InChI is InChI=1S/C14H23NO3/c1-10(2)13(16)8-9-15-14(17)7-6-12-5-4-11(3)18-12/h4-5,10,13,16H,6-9H2,1-3H3,(H,15,17). The van der Waals surface area contributed by atoms with Gasteiger partial charge >= 0.3 is 0 Å². The molecule has 1 amide bonds. The van der Waals surface area contributed by atoms with Crippen LogP contribution in [0.3, 0.4) is 0 Å². The van der Waals surface area contributed by atoms with Crippen molar-refractivity contribution in [3.63, 3.8) is 0 Å². The van der Waals surface area contributed by atoms with E-state index in [9.17, 15) is 9.90 Å². The first-order chi connectivity index (χ1) is 8.49. The van der Waals surface area contributed by atoms with E-state index in [2.05, 4.69) is 5.32 Å². The number of amides is 1. The van der Waals surface area contributed by atoms with E-state index in [1.165, 1.54) is 0 Å². The summed E-state index contributed by atoms with van der Waals surface area (Å²) in [4.78, 5) is 11.5. The zero-order chi connectivity index (χ0) is 13.5. The van der Waals surface area contributed by atoms with Gasteiger partial charge in [0.25, 0.3) is 0 Å². The lowest BCUT2D eigenvalue weighted by Crippen LogP contribution is -2.28. The van der Waals surface area contributed by atoms with E-state index in [0.717, 1.165) is 11.5 Å². The van der Waals surface area contributed by atoms with Crippen LogP contribution in [-0.2, 0) is 11.2 Å². The van der Waals surface area contributed by atoms with E-state index < -0.39 is 0 Å². The molecule has 1 aromatic rings. The highest BCUT2D eigenvalue weighted by atomic mass is 16.3. The van der Waals surface area contributed by atoms with Crippen molar-refractivity contribution in [3.05, 3.63) is 23.7 Å². The Balaban J connectivity index is 2.14. The van der Waals surface area contributed by atoms with Crippen LogP contribution in [0.15, 0.2) is 16.5 Å². The van der Waals surface area contributed by atoms with Crippen LogP contribution in [0.4, 0.5) is 0 Å². The molecule has 2 N–H and O–H groups in total. The number of carbonyl (C=O) groups excluding carboxylic acids is 1. The summed E-state index contributed by atoms with van der Waals surface area (Å²) in [6, 6.07) is 3.79. The lowest BCUT2D eigenvalue weighted by atomic mass is 10.0. The molecule has 1 rings (SSSR count). The minimum absolute atomic E-state index is 0.00000850. The van der Waals surface area contributed by atoms with Gasteiger partial charge < -0.3 is 14.8 Å². The summed E-state index contributed by atoms with van der Waals surface area (Å²) in [6.45, 7) is 6.34. The third-order valence-electron chi connectivity index (χ3n) is 2.93. The highest BCUT2D eigenvalue weighted by molar-refractivity contribution is 5.76. The third kappa shape index (κ3) is 5.36. The number of nitrogens with one attached hydrogen (secondary N) is 1. The number of furan rings is 1. The molecular formula is C14H23NO3. The molecule has 4 heteroatoms. The second kappa shape index (κ2) is 7.21. The average Bonchev–Trinajstić information content (AvgIpc) is 2.72. The molecule has 0 aromatic carbocycles. The first-order valence-corrected chi connectivity index (χ1v) is 6.49. The number of carbonyl (C=O) groups is 1. The van der Waals surface area contributed by atoms with Crippen LogP contribution < -0.4 is 5.32 Å². The molecule has 0 radical (unpaired) electrons. The summed E-state index contributed by atoms with van der Waals surface area (Å²) in [7, 11) is 0. The molecule has 1 unspecified atom stereocenters. The molecule has 0 saturated heterocycles. The van der Waals surface area contributed by atoms with Gasteiger partial charge in [0.2, 0.25) is 5.91 Å². The van der Waals surface area contributed by atoms with Crippen LogP contribution in [0.2, 0.25) is 0 Å². The van der Waals surface area contributed by atoms with Crippen LogP contribution in [0.25, 0.3) is 0 Å². The zero-order valence-electron chi connectivity index (χ0n) is 11.4. The third-order valence-corrected chi connectivity index (χ3v) is 2.93. The molecule has 1 heterocycles. The highest BCUT2D eigenvalue weighted by Gasteiger charge is 2.09. The monoisotopic (exact) mass is 253 g/mol.